The van der Waals surface area contributed by atoms with E-state index in [1.54, 1.807) is 0 Å². The maximum Gasteiger partial charge on any atom is 0.0389 e. The fourth-order valence-electron chi connectivity index (χ4n) is 3.47. The van der Waals surface area contributed by atoms with Gasteiger partial charge in [-0.3, -0.25) is 4.90 Å². The molecule has 2 atom stereocenters. The molecule has 0 amide bonds. The molecule has 0 aliphatic carbocycles. The van der Waals surface area contributed by atoms with E-state index in [2.05, 4.69) is 57.8 Å². The van der Waals surface area contributed by atoms with Crippen molar-refractivity contribution in [1.29, 1.82) is 0 Å². The average molecular weight is 323 g/mol. The van der Waals surface area contributed by atoms with Crippen LogP contribution < -0.4 is 4.90 Å². The van der Waals surface area contributed by atoms with Gasteiger partial charge in [-0.05, 0) is 50.9 Å². The molecule has 2 saturated heterocycles. The summed E-state index contributed by atoms with van der Waals surface area (Å²) in [5.74, 6) is 0. The molecule has 0 spiro atoms. The second-order valence-corrected chi connectivity index (χ2v) is 6.93. The monoisotopic (exact) mass is 322 g/mol. The summed E-state index contributed by atoms with van der Waals surface area (Å²) in [5.41, 5.74) is 2.68. The number of aryl methyl sites for hydroxylation is 1. The SMILES string of the molecule is Cc1ccc(N2CC3CCCCN3CC2C)cc1Br. The highest BCUT2D eigenvalue weighted by molar-refractivity contribution is 9.10. The summed E-state index contributed by atoms with van der Waals surface area (Å²) in [5, 5.41) is 0. The van der Waals surface area contributed by atoms with Gasteiger partial charge in [0.25, 0.3) is 0 Å². The first-order valence-electron chi connectivity index (χ1n) is 7.42. The Hall–Kier alpha value is -0.540. The van der Waals surface area contributed by atoms with Gasteiger partial charge >= 0.3 is 0 Å². The number of hydrogen-bond acceptors (Lipinski definition) is 2. The van der Waals surface area contributed by atoms with Crippen LogP contribution >= 0.6 is 15.9 Å². The van der Waals surface area contributed by atoms with Crippen LogP contribution in [-0.4, -0.2) is 36.6 Å². The van der Waals surface area contributed by atoms with Crippen molar-refractivity contribution < 1.29 is 0 Å². The molecule has 2 heterocycles. The lowest BCUT2D eigenvalue weighted by Gasteiger charge is -2.48. The largest absolute Gasteiger partial charge is 0.366 e. The molecule has 0 N–H and O–H groups in total. The zero-order chi connectivity index (χ0) is 13.4. The quantitative estimate of drug-likeness (QED) is 0.775. The summed E-state index contributed by atoms with van der Waals surface area (Å²) in [4.78, 5) is 5.30. The minimum atomic E-state index is 0.615. The molecular weight excluding hydrogens is 300 g/mol. The Labute approximate surface area is 124 Å². The summed E-state index contributed by atoms with van der Waals surface area (Å²) in [6, 6.07) is 8.16. The molecule has 0 saturated carbocycles. The summed E-state index contributed by atoms with van der Waals surface area (Å²) >= 11 is 3.66. The van der Waals surface area contributed by atoms with E-state index >= 15 is 0 Å². The average Bonchev–Trinajstić information content (AvgIpc) is 2.41. The molecule has 2 aliphatic rings. The molecule has 0 aromatic heterocycles. The third kappa shape index (κ3) is 2.68. The van der Waals surface area contributed by atoms with E-state index in [0.717, 1.165) is 6.04 Å². The zero-order valence-corrected chi connectivity index (χ0v) is 13.5. The first-order valence-corrected chi connectivity index (χ1v) is 8.21. The highest BCUT2D eigenvalue weighted by Gasteiger charge is 2.32. The molecular formula is C16H23BrN2. The van der Waals surface area contributed by atoms with Gasteiger partial charge in [0.1, 0.15) is 0 Å². The van der Waals surface area contributed by atoms with Crippen molar-refractivity contribution in [3.8, 4) is 0 Å². The molecule has 104 valence electrons. The number of hydrogen-bond donors (Lipinski definition) is 0. The molecule has 2 unspecified atom stereocenters. The van der Waals surface area contributed by atoms with E-state index in [9.17, 15) is 0 Å². The van der Waals surface area contributed by atoms with Crippen LogP contribution in [0.5, 0.6) is 0 Å². The number of nitrogens with zero attached hydrogens (tertiary/aromatic N) is 2. The first-order chi connectivity index (χ1) is 9.15. The molecule has 3 rings (SSSR count). The minimum Gasteiger partial charge on any atom is -0.366 e. The summed E-state index contributed by atoms with van der Waals surface area (Å²) < 4.78 is 1.23. The number of fused-ring (bicyclic) bond motifs is 1. The highest BCUT2D eigenvalue weighted by atomic mass is 79.9. The Morgan fingerprint density at radius 3 is 2.84 bits per heavy atom. The van der Waals surface area contributed by atoms with E-state index in [1.165, 1.54) is 54.6 Å². The van der Waals surface area contributed by atoms with Crippen molar-refractivity contribution in [2.24, 2.45) is 0 Å². The van der Waals surface area contributed by atoms with Gasteiger partial charge in [0.2, 0.25) is 0 Å². The van der Waals surface area contributed by atoms with Gasteiger partial charge in [-0.1, -0.05) is 28.4 Å². The van der Waals surface area contributed by atoms with E-state index in [1.807, 2.05) is 0 Å². The van der Waals surface area contributed by atoms with Crippen molar-refractivity contribution in [1.82, 2.24) is 4.90 Å². The topological polar surface area (TPSA) is 6.48 Å². The van der Waals surface area contributed by atoms with Gasteiger partial charge in [0.15, 0.2) is 0 Å². The normalized spacial score (nSPS) is 28.3. The molecule has 1 aromatic rings. The van der Waals surface area contributed by atoms with Gasteiger partial charge < -0.3 is 4.90 Å². The molecule has 1 aromatic carbocycles. The van der Waals surface area contributed by atoms with E-state index in [0.29, 0.717) is 6.04 Å². The molecule has 2 nitrogen and oxygen atoms in total. The Kier molecular flexibility index (Phi) is 3.86. The minimum absolute atomic E-state index is 0.615. The lowest BCUT2D eigenvalue weighted by atomic mass is 9.96. The van der Waals surface area contributed by atoms with Gasteiger partial charge in [0, 0.05) is 35.3 Å². The number of piperidine rings is 1. The number of piperazine rings is 1. The van der Waals surface area contributed by atoms with Gasteiger partial charge in [-0.2, -0.15) is 0 Å². The summed E-state index contributed by atoms with van der Waals surface area (Å²) in [6.45, 7) is 8.22. The molecule has 3 heteroatoms. The molecule has 2 aliphatic heterocycles. The van der Waals surface area contributed by atoms with Crippen LogP contribution in [0.2, 0.25) is 0 Å². The zero-order valence-electron chi connectivity index (χ0n) is 11.9. The van der Waals surface area contributed by atoms with Crippen molar-refractivity contribution in [3.05, 3.63) is 28.2 Å². The number of benzene rings is 1. The maximum absolute atomic E-state index is 3.66. The Balaban J connectivity index is 1.81. The predicted molar refractivity (Wildman–Crippen MR) is 84.9 cm³/mol. The second kappa shape index (κ2) is 5.45. The van der Waals surface area contributed by atoms with Crippen molar-refractivity contribution in [3.63, 3.8) is 0 Å². The number of rotatable bonds is 1. The fraction of sp³-hybridized carbons (Fsp3) is 0.625. The number of halogens is 1. The fourth-order valence-corrected chi connectivity index (χ4v) is 3.84. The van der Waals surface area contributed by atoms with E-state index in [4.69, 9.17) is 0 Å². The lowest BCUT2D eigenvalue weighted by Crippen LogP contribution is -2.58. The van der Waals surface area contributed by atoms with Crippen LogP contribution in [-0.2, 0) is 0 Å². The van der Waals surface area contributed by atoms with E-state index in [-0.39, 0.29) is 0 Å². The van der Waals surface area contributed by atoms with Crippen LogP contribution in [0.3, 0.4) is 0 Å². The van der Waals surface area contributed by atoms with Crippen LogP contribution in [0.25, 0.3) is 0 Å². The van der Waals surface area contributed by atoms with Gasteiger partial charge in [0.05, 0.1) is 0 Å². The van der Waals surface area contributed by atoms with Crippen LogP contribution in [0, 0.1) is 6.92 Å². The predicted octanol–water partition coefficient (Wildman–Crippen LogP) is 3.82. The van der Waals surface area contributed by atoms with Crippen LogP contribution in [0.4, 0.5) is 5.69 Å². The smallest absolute Gasteiger partial charge is 0.0389 e. The maximum atomic E-state index is 3.66. The standard InChI is InChI=1S/C16H23BrN2/c1-12-6-7-14(9-16(12)17)19-11-15-5-3-4-8-18(15)10-13(19)2/h6-7,9,13,15H,3-5,8,10-11H2,1-2H3. The van der Waals surface area contributed by atoms with E-state index < -0.39 is 0 Å². The molecule has 0 radical (unpaired) electrons. The Morgan fingerprint density at radius 2 is 2.05 bits per heavy atom. The third-order valence-corrected chi connectivity index (χ3v) is 5.53. The number of anilines is 1. The van der Waals surface area contributed by atoms with Crippen LogP contribution in [0.1, 0.15) is 31.7 Å². The molecule has 0 bridgehead atoms. The van der Waals surface area contributed by atoms with Gasteiger partial charge in [-0.15, -0.1) is 0 Å². The third-order valence-electron chi connectivity index (χ3n) is 4.67. The Bertz CT molecular complexity index is 460. The van der Waals surface area contributed by atoms with Crippen molar-refractivity contribution >= 4 is 21.6 Å². The van der Waals surface area contributed by atoms with Crippen molar-refractivity contribution in [2.75, 3.05) is 24.5 Å². The lowest BCUT2D eigenvalue weighted by molar-refractivity contribution is 0.115. The second-order valence-electron chi connectivity index (χ2n) is 6.08. The highest BCUT2D eigenvalue weighted by Crippen LogP contribution is 2.30. The van der Waals surface area contributed by atoms with Gasteiger partial charge in [-0.25, -0.2) is 0 Å². The molecule has 2 fully saturated rings. The van der Waals surface area contributed by atoms with Crippen molar-refractivity contribution in [2.45, 2.75) is 45.2 Å². The summed E-state index contributed by atoms with van der Waals surface area (Å²) in [7, 11) is 0. The Morgan fingerprint density at radius 1 is 1.21 bits per heavy atom. The first kappa shape index (κ1) is 13.4. The summed E-state index contributed by atoms with van der Waals surface area (Å²) in [6.07, 6.45) is 4.16. The molecule has 19 heavy (non-hydrogen) atoms. The van der Waals surface area contributed by atoms with Crippen LogP contribution in [0.15, 0.2) is 22.7 Å².